The van der Waals surface area contributed by atoms with Crippen LogP contribution in [0.25, 0.3) is 0 Å². The second kappa shape index (κ2) is 7.59. The molecule has 1 aromatic carbocycles. The minimum atomic E-state index is -1.000. The normalized spacial score (nSPS) is 38.4. The minimum absolute atomic E-state index is 0.181. The Labute approximate surface area is 187 Å². The van der Waals surface area contributed by atoms with Gasteiger partial charge in [0.2, 0.25) is 0 Å². The Morgan fingerprint density at radius 2 is 1.56 bits per heavy atom. The van der Waals surface area contributed by atoms with Crippen LogP contribution in [0.3, 0.4) is 0 Å². The first-order chi connectivity index (χ1) is 15.0. The van der Waals surface area contributed by atoms with Gasteiger partial charge >= 0.3 is 0 Å². The molecule has 32 heavy (non-hydrogen) atoms. The molecule has 1 aromatic rings. The Kier molecular flexibility index (Phi) is 5.21. The molecule has 174 valence electrons. The number of hydrogen-bond acceptors (Lipinski definition) is 8. The Bertz CT molecular complexity index is 918. The zero-order valence-electron chi connectivity index (χ0n) is 18.9. The van der Waals surface area contributed by atoms with E-state index in [-0.39, 0.29) is 12.5 Å². The summed E-state index contributed by atoms with van der Waals surface area (Å²) in [6, 6.07) is 9.21. The molecule has 0 radical (unpaired) electrons. The first-order valence-corrected chi connectivity index (χ1v) is 10.9. The maximum Gasteiger partial charge on any atom is 0.265 e. The van der Waals surface area contributed by atoms with E-state index >= 15 is 0 Å². The van der Waals surface area contributed by atoms with Crippen LogP contribution in [0.2, 0.25) is 0 Å². The number of anilines is 1. The van der Waals surface area contributed by atoms with Crippen LogP contribution >= 0.6 is 0 Å². The summed E-state index contributed by atoms with van der Waals surface area (Å²) in [6.07, 6.45) is -2.05. The van der Waals surface area contributed by atoms with Gasteiger partial charge in [-0.25, -0.2) is 5.01 Å². The van der Waals surface area contributed by atoms with E-state index in [4.69, 9.17) is 23.7 Å². The smallest absolute Gasteiger partial charge is 0.265 e. The lowest BCUT2D eigenvalue weighted by Gasteiger charge is -2.45. The predicted molar refractivity (Wildman–Crippen MR) is 113 cm³/mol. The standard InChI is InChI=1S/C23H30N2O7/c1-13-11-16(26)25(14-9-7-6-8-10-14)24(20(13)27)12-15-17-18(30-22(2,3)29-17)19-21(28-15)32-23(4,5)31-19/h6-11,15,17-21,27H,12H2,1-5H3/t15?,17-,18+,19-,20-,21+/m1/s1. The van der Waals surface area contributed by atoms with Gasteiger partial charge in [-0.15, -0.1) is 0 Å². The topological polar surface area (TPSA) is 89.9 Å². The van der Waals surface area contributed by atoms with Crippen molar-refractivity contribution < 1.29 is 33.6 Å². The number of rotatable bonds is 3. The zero-order valence-corrected chi connectivity index (χ0v) is 18.9. The minimum Gasteiger partial charge on any atom is -0.373 e. The molecule has 5 rings (SSSR count). The molecular formula is C23H30N2O7. The van der Waals surface area contributed by atoms with Crippen LogP contribution in [-0.2, 0) is 28.5 Å². The first-order valence-electron chi connectivity index (χ1n) is 10.9. The fraction of sp³-hybridized carbons (Fsp3) is 0.609. The van der Waals surface area contributed by atoms with Gasteiger partial charge in [0.1, 0.15) is 30.6 Å². The Morgan fingerprint density at radius 3 is 2.28 bits per heavy atom. The molecule has 4 aliphatic heterocycles. The molecule has 9 nitrogen and oxygen atoms in total. The summed E-state index contributed by atoms with van der Waals surface area (Å²) >= 11 is 0. The average Bonchev–Trinajstić information content (AvgIpc) is 3.20. The quantitative estimate of drug-likeness (QED) is 0.753. The number of amides is 1. The van der Waals surface area contributed by atoms with Crippen molar-refractivity contribution in [3.63, 3.8) is 0 Å². The highest BCUT2D eigenvalue weighted by Gasteiger charge is 2.61. The number of carbonyl (C=O) groups excluding carboxylic acids is 1. The summed E-state index contributed by atoms with van der Waals surface area (Å²) in [7, 11) is 0. The number of hydrogen-bond donors (Lipinski definition) is 1. The van der Waals surface area contributed by atoms with Gasteiger partial charge in [-0.2, -0.15) is 5.01 Å². The monoisotopic (exact) mass is 446 g/mol. The number of benzene rings is 1. The lowest BCUT2D eigenvalue weighted by atomic mass is 9.98. The molecule has 3 saturated heterocycles. The average molecular weight is 447 g/mol. The van der Waals surface area contributed by atoms with Gasteiger partial charge in [-0.05, 0) is 52.3 Å². The van der Waals surface area contributed by atoms with Gasteiger partial charge in [0.25, 0.3) is 5.91 Å². The van der Waals surface area contributed by atoms with Crippen molar-refractivity contribution in [2.45, 2.75) is 83.1 Å². The maximum atomic E-state index is 13.0. The van der Waals surface area contributed by atoms with E-state index in [9.17, 15) is 9.90 Å². The van der Waals surface area contributed by atoms with Gasteiger partial charge in [0.15, 0.2) is 17.9 Å². The van der Waals surface area contributed by atoms with Gasteiger partial charge in [0, 0.05) is 6.08 Å². The van der Waals surface area contributed by atoms with Crippen LogP contribution in [0.4, 0.5) is 5.69 Å². The lowest BCUT2D eigenvalue weighted by Crippen LogP contribution is -2.63. The van der Waals surface area contributed by atoms with Crippen molar-refractivity contribution in [2.24, 2.45) is 0 Å². The Hall–Kier alpha value is -1.85. The Balaban J connectivity index is 1.47. The lowest BCUT2D eigenvalue weighted by molar-refractivity contribution is -0.239. The summed E-state index contributed by atoms with van der Waals surface area (Å²) in [6.45, 7) is 9.27. The van der Waals surface area contributed by atoms with Gasteiger partial charge < -0.3 is 28.8 Å². The zero-order chi connectivity index (χ0) is 22.8. The van der Waals surface area contributed by atoms with Crippen molar-refractivity contribution in [3.05, 3.63) is 42.0 Å². The fourth-order valence-electron chi connectivity index (χ4n) is 4.85. The summed E-state index contributed by atoms with van der Waals surface area (Å²) in [5.74, 6) is -1.89. The number of hydrazine groups is 1. The van der Waals surface area contributed by atoms with Crippen LogP contribution in [0.5, 0.6) is 0 Å². The third kappa shape index (κ3) is 3.77. The van der Waals surface area contributed by atoms with Crippen LogP contribution < -0.4 is 5.01 Å². The third-order valence-corrected chi connectivity index (χ3v) is 6.12. The second-order valence-electron chi connectivity index (χ2n) is 9.58. The summed E-state index contributed by atoms with van der Waals surface area (Å²) < 4.78 is 30.7. The molecule has 1 N–H and O–H groups in total. The molecule has 0 aliphatic carbocycles. The largest absolute Gasteiger partial charge is 0.373 e. The molecule has 0 saturated carbocycles. The predicted octanol–water partition coefficient (Wildman–Crippen LogP) is 1.91. The van der Waals surface area contributed by atoms with E-state index in [1.54, 1.807) is 11.9 Å². The van der Waals surface area contributed by atoms with Crippen LogP contribution in [-0.4, -0.2) is 71.1 Å². The number of ether oxygens (including phenoxy) is 5. The highest BCUT2D eigenvalue weighted by Crippen LogP contribution is 2.44. The molecule has 4 heterocycles. The molecule has 0 bridgehead atoms. The van der Waals surface area contributed by atoms with E-state index in [1.165, 1.54) is 11.1 Å². The number of nitrogens with zero attached hydrogens (tertiary/aromatic N) is 2. The van der Waals surface area contributed by atoms with Gasteiger partial charge in [-0.1, -0.05) is 18.2 Å². The maximum absolute atomic E-state index is 13.0. The number of carbonyl (C=O) groups is 1. The second-order valence-corrected chi connectivity index (χ2v) is 9.58. The number of para-hydroxylation sites is 1. The summed E-state index contributed by atoms with van der Waals surface area (Å²) in [4.78, 5) is 13.0. The van der Waals surface area contributed by atoms with E-state index in [0.29, 0.717) is 11.3 Å². The van der Waals surface area contributed by atoms with Crippen LogP contribution in [0.1, 0.15) is 34.6 Å². The Morgan fingerprint density at radius 1 is 0.938 bits per heavy atom. The van der Waals surface area contributed by atoms with Crippen molar-refractivity contribution in [1.29, 1.82) is 0 Å². The van der Waals surface area contributed by atoms with E-state index in [2.05, 4.69) is 0 Å². The van der Waals surface area contributed by atoms with Crippen LogP contribution in [0, 0.1) is 0 Å². The number of aliphatic hydroxyl groups is 1. The molecule has 1 amide bonds. The van der Waals surface area contributed by atoms with Gasteiger partial charge in [0.05, 0.1) is 12.2 Å². The molecule has 0 spiro atoms. The number of aliphatic hydroxyl groups excluding tert-OH is 1. The molecule has 9 heteroatoms. The molecular weight excluding hydrogens is 416 g/mol. The molecule has 3 fully saturated rings. The van der Waals surface area contributed by atoms with Crippen molar-refractivity contribution in [3.8, 4) is 0 Å². The molecule has 0 aromatic heterocycles. The summed E-state index contributed by atoms with van der Waals surface area (Å²) in [5, 5.41) is 14.1. The van der Waals surface area contributed by atoms with Gasteiger partial charge in [-0.3, -0.25) is 4.79 Å². The van der Waals surface area contributed by atoms with E-state index < -0.39 is 48.5 Å². The molecule has 4 aliphatic rings. The van der Waals surface area contributed by atoms with Crippen LogP contribution in [0.15, 0.2) is 42.0 Å². The van der Waals surface area contributed by atoms with Crippen molar-refractivity contribution >= 4 is 11.6 Å². The first kappa shape index (κ1) is 22.0. The van der Waals surface area contributed by atoms with Crippen molar-refractivity contribution in [2.75, 3.05) is 11.6 Å². The fourth-order valence-corrected chi connectivity index (χ4v) is 4.85. The highest BCUT2D eigenvalue weighted by atomic mass is 16.9. The van der Waals surface area contributed by atoms with E-state index in [0.717, 1.165) is 0 Å². The van der Waals surface area contributed by atoms with E-state index in [1.807, 2.05) is 58.0 Å². The highest BCUT2D eigenvalue weighted by molar-refractivity contribution is 6.02. The third-order valence-electron chi connectivity index (χ3n) is 6.12. The molecule has 1 unspecified atom stereocenters. The summed E-state index contributed by atoms with van der Waals surface area (Å²) in [5.41, 5.74) is 1.20. The van der Waals surface area contributed by atoms with Crippen molar-refractivity contribution in [1.82, 2.24) is 5.01 Å². The molecule has 6 atom stereocenters. The number of fused-ring (bicyclic) bond motifs is 3. The SMILES string of the molecule is CC1=CC(=O)N(c2ccccc2)N(CC2O[C@H]3OC(C)(C)O[C@@H]3[C@H]3OC(C)(C)O[C@H]23)[C@@H]1O.